The van der Waals surface area contributed by atoms with E-state index in [1.54, 1.807) is 19.2 Å². The lowest BCUT2D eigenvalue weighted by atomic mass is 10.0. The Morgan fingerprint density at radius 3 is 2.80 bits per heavy atom. The first kappa shape index (κ1) is 16.5. The highest BCUT2D eigenvalue weighted by Gasteiger charge is 2.06. The largest absolute Gasteiger partial charge is 0.507 e. The number of methoxy groups -OCH3 is 1. The van der Waals surface area contributed by atoms with Gasteiger partial charge < -0.3 is 9.84 Å². The fraction of sp³-hybridized carbons (Fsp3) is 0.100. The number of carbonyl (C=O) groups excluding carboxylic acids is 1. The van der Waals surface area contributed by atoms with Gasteiger partial charge in [0.2, 0.25) is 5.91 Å². The second-order valence-corrected chi connectivity index (χ2v) is 5.53. The van der Waals surface area contributed by atoms with Crippen molar-refractivity contribution in [1.82, 2.24) is 5.43 Å². The number of phenolic OH excluding ortho intramolecular Hbond substituents is 1. The molecule has 0 aliphatic heterocycles. The van der Waals surface area contributed by atoms with Gasteiger partial charge in [0.05, 0.1) is 19.7 Å². The summed E-state index contributed by atoms with van der Waals surface area (Å²) < 4.78 is 5.10. The molecule has 0 radical (unpaired) electrons. The lowest BCUT2D eigenvalue weighted by molar-refractivity contribution is -0.120. The fourth-order valence-electron chi connectivity index (χ4n) is 2.60. The summed E-state index contributed by atoms with van der Waals surface area (Å²) in [7, 11) is 1.54. The number of fused-ring (bicyclic) bond motifs is 1. The molecule has 0 fully saturated rings. The van der Waals surface area contributed by atoms with E-state index in [1.807, 2.05) is 42.5 Å². The third-order valence-corrected chi connectivity index (χ3v) is 3.86. The summed E-state index contributed by atoms with van der Waals surface area (Å²) in [6, 6.07) is 18.6. The predicted octanol–water partition coefficient (Wildman–Crippen LogP) is 3.25. The van der Waals surface area contributed by atoms with Gasteiger partial charge in [-0.05, 0) is 34.5 Å². The number of nitrogens with zero attached hydrogens (tertiary/aromatic N) is 1. The smallest absolute Gasteiger partial charge is 0.244 e. The summed E-state index contributed by atoms with van der Waals surface area (Å²) in [6.07, 6.45) is 1.61. The highest BCUT2D eigenvalue weighted by atomic mass is 16.5. The van der Waals surface area contributed by atoms with Gasteiger partial charge in [0.15, 0.2) is 0 Å². The van der Waals surface area contributed by atoms with Crippen molar-refractivity contribution in [1.29, 1.82) is 0 Å². The summed E-state index contributed by atoms with van der Waals surface area (Å²) in [4.78, 5) is 12.1. The predicted molar refractivity (Wildman–Crippen MR) is 98.0 cm³/mol. The standard InChI is InChI=1S/C20H18N2O3/c1-25-17-9-10-19(23)16(11-17)13-21-22-20(24)12-15-7-4-6-14-5-2-3-8-18(14)15/h2-11,13,23H,12H2,1H3,(H,22,24)/b21-13+. The Hall–Kier alpha value is -3.34. The topological polar surface area (TPSA) is 70.9 Å². The SMILES string of the molecule is COc1ccc(O)c(/C=N/NC(=O)Cc2cccc3ccccc23)c1. The van der Waals surface area contributed by atoms with Crippen LogP contribution in [0.5, 0.6) is 11.5 Å². The van der Waals surface area contributed by atoms with E-state index in [1.165, 1.54) is 12.3 Å². The highest BCUT2D eigenvalue weighted by molar-refractivity contribution is 5.91. The minimum atomic E-state index is -0.227. The average Bonchev–Trinajstić information content (AvgIpc) is 2.63. The van der Waals surface area contributed by atoms with Gasteiger partial charge in [-0.1, -0.05) is 42.5 Å². The molecule has 3 aromatic carbocycles. The molecule has 5 nitrogen and oxygen atoms in total. The van der Waals surface area contributed by atoms with E-state index in [2.05, 4.69) is 10.5 Å². The summed E-state index contributed by atoms with van der Waals surface area (Å²) in [5, 5.41) is 15.8. The zero-order chi connectivity index (χ0) is 17.6. The van der Waals surface area contributed by atoms with E-state index in [0.29, 0.717) is 11.3 Å². The van der Waals surface area contributed by atoms with Gasteiger partial charge in [0.1, 0.15) is 11.5 Å². The molecule has 0 unspecified atom stereocenters. The van der Waals surface area contributed by atoms with Crippen molar-refractivity contribution in [2.75, 3.05) is 7.11 Å². The quantitative estimate of drug-likeness (QED) is 0.556. The Balaban J connectivity index is 1.69. The molecule has 0 saturated carbocycles. The molecule has 1 amide bonds. The molecule has 0 aliphatic rings. The number of carbonyl (C=O) groups is 1. The first-order valence-corrected chi connectivity index (χ1v) is 7.83. The molecule has 2 N–H and O–H groups in total. The van der Waals surface area contributed by atoms with Gasteiger partial charge in [-0.3, -0.25) is 4.79 Å². The van der Waals surface area contributed by atoms with E-state index >= 15 is 0 Å². The maximum Gasteiger partial charge on any atom is 0.244 e. The number of rotatable bonds is 5. The summed E-state index contributed by atoms with van der Waals surface area (Å²) in [6.45, 7) is 0. The molecule has 0 spiro atoms. The van der Waals surface area contributed by atoms with Crippen molar-refractivity contribution in [3.63, 3.8) is 0 Å². The molecule has 0 aliphatic carbocycles. The molecule has 0 heterocycles. The maximum absolute atomic E-state index is 12.1. The van der Waals surface area contributed by atoms with Crippen molar-refractivity contribution in [3.05, 3.63) is 71.8 Å². The number of hydrazone groups is 1. The van der Waals surface area contributed by atoms with Crippen LogP contribution in [0, 0.1) is 0 Å². The van der Waals surface area contributed by atoms with Gasteiger partial charge in [-0.2, -0.15) is 5.10 Å². The zero-order valence-corrected chi connectivity index (χ0v) is 13.8. The molecule has 25 heavy (non-hydrogen) atoms. The van der Waals surface area contributed by atoms with Crippen LogP contribution in [0.1, 0.15) is 11.1 Å². The van der Waals surface area contributed by atoms with Crippen LogP contribution in [0.15, 0.2) is 65.8 Å². The summed E-state index contributed by atoms with van der Waals surface area (Å²) >= 11 is 0. The third-order valence-electron chi connectivity index (χ3n) is 3.86. The normalized spacial score (nSPS) is 10.9. The number of hydrogen-bond donors (Lipinski definition) is 2. The number of aromatic hydroxyl groups is 1. The number of hydrogen-bond acceptors (Lipinski definition) is 4. The zero-order valence-electron chi connectivity index (χ0n) is 13.8. The van der Waals surface area contributed by atoms with Crippen LogP contribution >= 0.6 is 0 Å². The van der Waals surface area contributed by atoms with Crippen molar-refractivity contribution < 1.29 is 14.6 Å². The van der Waals surface area contributed by atoms with Crippen LogP contribution in [-0.4, -0.2) is 24.3 Å². The molecule has 126 valence electrons. The molecule has 0 bridgehead atoms. The summed E-state index contributed by atoms with van der Waals surface area (Å²) in [5.41, 5.74) is 3.89. The molecule has 0 aromatic heterocycles. The molecule has 3 aromatic rings. The monoisotopic (exact) mass is 334 g/mol. The highest BCUT2D eigenvalue weighted by Crippen LogP contribution is 2.21. The van der Waals surface area contributed by atoms with Crippen molar-refractivity contribution in [3.8, 4) is 11.5 Å². The van der Waals surface area contributed by atoms with E-state index in [-0.39, 0.29) is 18.1 Å². The van der Waals surface area contributed by atoms with Crippen molar-refractivity contribution in [2.45, 2.75) is 6.42 Å². The molecular weight excluding hydrogens is 316 g/mol. The third kappa shape index (κ3) is 3.95. The van der Waals surface area contributed by atoms with Gasteiger partial charge in [-0.15, -0.1) is 0 Å². The van der Waals surface area contributed by atoms with Crippen molar-refractivity contribution >= 4 is 22.9 Å². The Bertz CT molecular complexity index is 930. The Morgan fingerprint density at radius 2 is 1.96 bits per heavy atom. The maximum atomic E-state index is 12.1. The number of amides is 1. The van der Waals surface area contributed by atoms with E-state index < -0.39 is 0 Å². The second-order valence-electron chi connectivity index (χ2n) is 5.53. The minimum absolute atomic E-state index is 0.0628. The molecule has 3 rings (SSSR count). The lowest BCUT2D eigenvalue weighted by Crippen LogP contribution is -2.19. The lowest BCUT2D eigenvalue weighted by Gasteiger charge is -2.06. The van der Waals surface area contributed by atoms with Gasteiger partial charge >= 0.3 is 0 Å². The van der Waals surface area contributed by atoms with Crippen LogP contribution in [0.4, 0.5) is 0 Å². The average molecular weight is 334 g/mol. The van der Waals surface area contributed by atoms with Crippen LogP contribution < -0.4 is 10.2 Å². The van der Waals surface area contributed by atoms with E-state index in [4.69, 9.17) is 4.74 Å². The van der Waals surface area contributed by atoms with Crippen LogP contribution in [-0.2, 0) is 11.2 Å². The van der Waals surface area contributed by atoms with Crippen LogP contribution in [0.3, 0.4) is 0 Å². The Labute approximate surface area is 145 Å². The molecule has 0 saturated heterocycles. The van der Waals surface area contributed by atoms with E-state index in [9.17, 15) is 9.90 Å². The minimum Gasteiger partial charge on any atom is -0.507 e. The second kappa shape index (κ2) is 7.49. The molecule has 0 atom stereocenters. The van der Waals surface area contributed by atoms with E-state index in [0.717, 1.165) is 16.3 Å². The fourth-order valence-corrected chi connectivity index (χ4v) is 2.60. The number of nitrogens with one attached hydrogen (secondary N) is 1. The summed E-state index contributed by atoms with van der Waals surface area (Å²) in [5.74, 6) is 0.434. The number of ether oxygens (including phenoxy) is 1. The van der Waals surface area contributed by atoms with Crippen LogP contribution in [0.2, 0.25) is 0 Å². The molecule has 5 heteroatoms. The van der Waals surface area contributed by atoms with Gasteiger partial charge in [-0.25, -0.2) is 5.43 Å². The number of phenols is 1. The van der Waals surface area contributed by atoms with Crippen LogP contribution in [0.25, 0.3) is 10.8 Å². The Kier molecular flexibility index (Phi) is 4.95. The van der Waals surface area contributed by atoms with Crippen molar-refractivity contribution in [2.24, 2.45) is 5.10 Å². The Morgan fingerprint density at radius 1 is 1.16 bits per heavy atom. The number of benzene rings is 3. The van der Waals surface area contributed by atoms with Gasteiger partial charge in [0, 0.05) is 5.56 Å². The van der Waals surface area contributed by atoms with Gasteiger partial charge in [0.25, 0.3) is 0 Å². The first-order chi connectivity index (χ1) is 12.2. The molecular formula is C20H18N2O3. The first-order valence-electron chi connectivity index (χ1n) is 7.83.